The minimum absolute atomic E-state index is 0.578. The SMILES string of the molecule is COc1ccc(OC)c(C2CCCC2CNCC(C)C)c1. The van der Waals surface area contributed by atoms with Crippen molar-refractivity contribution in [3.8, 4) is 11.5 Å². The quantitative estimate of drug-likeness (QED) is 0.828. The number of hydrogen-bond donors (Lipinski definition) is 1. The second kappa shape index (κ2) is 7.69. The summed E-state index contributed by atoms with van der Waals surface area (Å²) >= 11 is 0. The maximum absolute atomic E-state index is 5.57. The lowest BCUT2D eigenvalue weighted by atomic mass is 9.88. The first-order valence-corrected chi connectivity index (χ1v) is 8.08. The molecule has 1 aliphatic carbocycles. The highest BCUT2D eigenvalue weighted by atomic mass is 16.5. The largest absolute Gasteiger partial charge is 0.497 e. The van der Waals surface area contributed by atoms with E-state index in [1.807, 2.05) is 12.1 Å². The van der Waals surface area contributed by atoms with Crippen LogP contribution in [0.5, 0.6) is 11.5 Å². The molecule has 118 valence electrons. The first-order valence-electron chi connectivity index (χ1n) is 8.08. The lowest BCUT2D eigenvalue weighted by molar-refractivity contribution is 0.379. The molecule has 0 radical (unpaired) electrons. The molecule has 1 aromatic rings. The molecule has 0 saturated heterocycles. The molecule has 0 amide bonds. The molecule has 3 heteroatoms. The van der Waals surface area contributed by atoms with Crippen molar-refractivity contribution in [3.05, 3.63) is 23.8 Å². The minimum Gasteiger partial charge on any atom is -0.497 e. The van der Waals surface area contributed by atoms with Crippen LogP contribution in [0.2, 0.25) is 0 Å². The standard InChI is InChI=1S/C18H29NO2/c1-13(2)11-19-12-14-6-5-7-16(14)17-10-15(20-3)8-9-18(17)21-4/h8-10,13-14,16,19H,5-7,11-12H2,1-4H3. The summed E-state index contributed by atoms with van der Waals surface area (Å²) < 4.78 is 11.0. The van der Waals surface area contributed by atoms with Gasteiger partial charge in [-0.05, 0) is 61.9 Å². The van der Waals surface area contributed by atoms with Crippen LogP contribution in [0.3, 0.4) is 0 Å². The summed E-state index contributed by atoms with van der Waals surface area (Å²) in [5.41, 5.74) is 1.31. The molecule has 0 spiro atoms. The summed E-state index contributed by atoms with van der Waals surface area (Å²) in [6, 6.07) is 6.17. The number of rotatable bonds is 7. The van der Waals surface area contributed by atoms with Gasteiger partial charge < -0.3 is 14.8 Å². The summed E-state index contributed by atoms with van der Waals surface area (Å²) in [7, 11) is 3.48. The van der Waals surface area contributed by atoms with Gasteiger partial charge in [0.2, 0.25) is 0 Å². The lowest BCUT2D eigenvalue weighted by Crippen LogP contribution is -2.27. The molecule has 2 atom stereocenters. The summed E-state index contributed by atoms with van der Waals surface area (Å²) in [4.78, 5) is 0. The van der Waals surface area contributed by atoms with Crippen LogP contribution in [-0.2, 0) is 0 Å². The molecule has 2 unspecified atom stereocenters. The van der Waals surface area contributed by atoms with Gasteiger partial charge in [0.25, 0.3) is 0 Å². The Morgan fingerprint density at radius 1 is 1.19 bits per heavy atom. The molecule has 2 rings (SSSR count). The third-order valence-corrected chi connectivity index (χ3v) is 4.45. The fraction of sp³-hybridized carbons (Fsp3) is 0.667. The van der Waals surface area contributed by atoms with Crippen LogP contribution < -0.4 is 14.8 Å². The zero-order valence-electron chi connectivity index (χ0n) is 13.8. The second-order valence-electron chi connectivity index (χ2n) is 6.46. The fourth-order valence-electron chi connectivity index (χ4n) is 3.38. The highest BCUT2D eigenvalue weighted by molar-refractivity contribution is 5.43. The Labute approximate surface area is 129 Å². The van der Waals surface area contributed by atoms with E-state index in [1.165, 1.54) is 24.8 Å². The van der Waals surface area contributed by atoms with Crippen LogP contribution in [-0.4, -0.2) is 27.3 Å². The molecule has 1 saturated carbocycles. The number of benzene rings is 1. The Morgan fingerprint density at radius 3 is 2.67 bits per heavy atom. The van der Waals surface area contributed by atoms with Gasteiger partial charge in [-0.15, -0.1) is 0 Å². The zero-order chi connectivity index (χ0) is 15.2. The van der Waals surface area contributed by atoms with Gasteiger partial charge in [-0.25, -0.2) is 0 Å². The number of nitrogens with one attached hydrogen (secondary N) is 1. The van der Waals surface area contributed by atoms with Crippen molar-refractivity contribution in [1.29, 1.82) is 0 Å². The first kappa shape index (κ1) is 16.2. The van der Waals surface area contributed by atoms with Crippen molar-refractivity contribution in [2.24, 2.45) is 11.8 Å². The normalized spacial score (nSPS) is 21.8. The van der Waals surface area contributed by atoms with Crippen LogP contribution in [0.15, 0.2) is 18.2 Å². The van der Waals surface area contributed by atoms with Gasteiger partial charge in [-0.3, -0.25) is 0 Å². The van der Waals surface area contributed by atoms with Crippen molar-refractivity contribution in [2.45, 2.75) is 39.0 Å². The first-order chi connectivity index (χ1) is 10.2. The van der Waals surface area contributed by atoms with E-state index in [4.69, 9.17) is 9.47 Å². The third-order valence-electron chi connectivity index (χ3n) is 4.45. The molecule has 21 heavy (non-hydrogen) atoms. The van der Waals surface area contributed by atoms with E-state index in [0.29, 0.717) is 17.8 Å². The number of methoxy groups -OCH3 is 2. The fourth-order valence-corrected chi connectivity index (χ4v) is 3.38. The summed E-state index contributed by atoms with van der Waals surface area (Å²) in [6.07, 6.45) is 3.85. The third kappa shape index (κ3) is 4.13. The summed E-state index contributed by atoms with van der Waals surface area (Å²) in [6.45, 7) is 6.70. The maximum atomic E-state index is 5.57. The molecule has 1 aromatic carbocycles. The predicted octanol–water partition coefficient (Wildman–Crippen LogP) is 3.83. The molecule has 1 aliphatic rings. The predicted molar refractivity (Wildman–Crippen MR) is 87.3 cm³/mol. The Kier molecular flexibility index (Phi) is 5.92. The van der Waals surface area contributed by atoms with Crippen LogP contribution in [0, 0.1) is 11.8 Å². The van der Waals surface area contributed by atoms with E-state index in [9.17, 15) is 0 Å². The van der Waals surface area contributed by atoms with Gasteiger partial charge in [0.1, 0.15) is 11.5 Å². The van der Waals surface area contributed by atoms with E-state index in [1.54, 1.807) is 14.2 Å². The Bertz CT molecular complexity index is 445. The molecule has 0 heterocycles. The van der Waals surface area contributed by atoms with Crippen LogP contribution in [0.1, 0.15) is 44.6 Å². The topological polar surface area (TPSA) is 30.5 Å². The van der Waals surface area contributed by atoms with E-state index in [2.05, 4.69) is 25.2 Å². The molecule has 3 nitrogen and oxygen atoms in total. The van der Waals surface area contributed by atoms with Gasteiger partial charge in [0.05, 0.1) is 14.2 Å². The Morgan fingerprint density at radius 2 is 2.00 bits per heavy atom. The maximum Gasteiger partial charge on any atom is 0.122 e. The van der Waals surface area contributed by atoms with E-state index < -0.39 is 0 Å². The summed E-state index contributed by atoms with van der Waals surface area (Å²) in [5.74, 6) is 3.90. The van der Waals surface area contributed by atoms with Crippen molar-refractivity contribution in [2.75, 3.05) is 27.3 Å². The molecule has 1 fully saturated rings. The number of ether oxygens (including phenoxy) is 2. The average molecular weight is 291 g/mol. The van der Waals surface area contributed by atoms with E-state index >= 15 is 0 Å². The van der Waals surface area contributed by atoms with Crippen molar-refractivity contribution in [1.82, 2.24) is 5.32 Å². The molecular weight excluding hydrogens is 262 g/mol. The van der Waals surface area contributed by atoms with Crippen LogP contribution >= 0.6 is 0 Å². The molecular formula is C18H29NO2. The van der Waals surface area contributed by atoms with E-state index in [0.717, 1.165) is 24.6 Å². The average Bonchev–Trinajstić information content (AvgIpc) is 2.94. The van der Waals surface area contributed by atoms with Crippen molar-refractivity contribution in [3.63, 3.8) is 0 Å². The highest BCUT2D eigenvalue weighted by Gasteiger charge is 2.30. The molecule has 0 aromatic heterocycles. The van der Waals surface area contributed by atoms with Gasteiger partial charge in [0, 0.05) is 5.56 Å². The van der Waals surface area contributed by atoms with Crippen molar-refractivity contribution < 1.29 is 9.47 Å². The molecule has 1 N–H and O–H groups in total. The Balaban J connectivity index is 2.11. The van der Waals surface area contributed by atoms with Gasteiger partial charge in [0.15, 0.2) is 0 Å². The van der Waals surface area contributed by atoms with Gasteiger partial charge >= 0.3 is 0 Å². The smallest absolute Gasteiger partial charge is 0.122 e. The lowest BCUT2D eigenvalue weighted by Gasteiger charge is -2.23. The number of hydrogen-bond acceptors (Lipinski definition) is 3. The summed E-state index contributed by atoms with van der Waals surface area (Å²) in [5, 5.41) is 3.62. The molecule has 0 aliphatic heterocycles. The van der Waals surface area contributed by atoms with Crippen LogP contribution in [0.4, 0.5) is 0 Å². The minimum atomic E-state index is 0.578. The highest BCUT2D eigenvalue weighted by Crippen LogP contribution is 2.43. The zero-order valence-corrected chi connectivity index (χ0v) is 13.8. The van der Waals surface area contributed by atoms with Gasteiger partial charge in [-0.2, -0.15) is 0 Å². The van der Waals surface area contributed by atoms with E-state index in [-0.39, 0.29) is 0 Å². The van der Waals surface area contributed by atoms with Crippen molar-refractivity contribution >= 4 is 0 Å². The van der Waals surface area contributed by atoms with Gasteiger partial charge in [-0.1, -0.05) is 20.3 Å². The van der Waals surface area contributed by atoms with Crippen LogP contribution in [0.25, 0.3) is 0 Å². The molecule has 0 bridgehead atoms. The monoisotopic (exact) mass is 291 g/mol. The Hall–Kier alpha value is -1.22. The second-order valence-corrected chi connectivity index (χ2v) is 6.46.